The van der Waals surface area contributed by atoms with Crippen LogP contribution in [0.3, 0.4) is 0 Å². The molecule has 3 aromatic rings. The lowest BCUT2D eigenvalue weighted by atomic mass is 10.2. The molecule has 0 bridgehead atoms. The lowest BCUT2D eigenvalue weighted by Gasteiger charge is -2.17. The predicted octanol–water partition coefficient (Wildman–Crippen LogP) is 3.40. The number of aryl methyl sites for hydroxylation is 1. The van der Waals surface area contributed by atoms with Crippen LogP contribution in [0, 0.1) is 0 Å². The Labute approximate surface area is 155 Å². The second kappa shape index (κ2) is 7.61. The highest BCUT2D eigenvalue weighted by molar-refractivity contribution is 7.16. The molecule has 3 rings (SSSR count). The van der Waals surface area contributed by atoms with E-state index in [2.05, 4.69) is 5.32 Å². The average Bonchev–Trinajstić information content (AvgIpc) is 2.93. The number of fused-ring (bicyclic) bond motifs is 1. The molecule has 0 saturated carbocycles. The summed E-state index contributed by atoms with van der Waals surface area (Å²) in [4.78, 5) is 24.3. The van der Waals surface area contributed by atoms with Crippen LogP contribution in [0.15, 0.2) is 47.3 Å². The summed E-state index contributed by atoms with van der Waals surface area (Å²) < 4.78 is 13.3. The Morgan fingerprint density at radius 2 is 1.88 bits per heavy atom. The van der Waals surface area contributed by atoms with Crippen LogP contribution >= 0.6 is 11.3 Å². The zero-order valence-electron chi connectivity index (χ0n) is 14.8. The molecule has 0 spiro atoms. The lowest BCUT2D eigenvalue weighted by molar-refractivity contribution is -0.122. The Bertz CT molecular complexity index is 975. The second-order valence-electron chi connectivity index (χ2n) is 5.79. The van der Waals surface area contributed by atoms with Crippen LogP contribution in [0.4, 0.5) is 5.69 Å². The number of thiazole rings is 1. The smallest absolute Gasteiger partial charge is 0.307 e. The van der Waals surface area contributed by atoms with Gasteiger partial charge in [0.05, 0.1) is 17.3 Å². The molecule has 0 fully saturated rings. The van der Waals surface area contributed by atoms with Gasteiger partial charge < -0.3 is 19.4 Å². The molecule has 0 unspecified atom stereocenters. The van der Waals surface area contributed by atoms with Gasteiger partial charge in [0.25, 0.3) is 5.91 Å². The normalized spacial score (nSPS) is 12.0. The van der Waals surface area contributed by atoms with Crippen LogP contribution in [0.1, 0.15) is 13.3 Å². The van der Waals surface area contributed by atoms with Gasteiger partial charge in [0, 0.05) is 12.7 Å². The minimum Gasteiger partial charge on any atom is -0.497 e. The molecule has 1 N–H and O–H groups in total. The van der Waals surface area contributed by atoms with E-state index < -0.39 is 6.10 Å². The van der Waals surface area contributed by atoms with Crippen molar-refractivity contribution in [3.8, 4) is 11.5 Å². The molecule has 0 radical (unpaired) electrons. The Kier molecular flexibility index (Phi) is 5.27. The van der Waals surface area contributed by atoms with E-state index in [1.165, 1.54) is 0 Å². The number of carbonyl (C=O) groups excluding carboxylic acids is 1. The van der Waals surface area contributed by atoms with Gasteiger partial charge in [0.1, 0.15) is 11.5 Å². The van der Waals surface area contributed by atoms with Gasteiger partial charge in [-0.05, 0) is 48.9 Å². The zero-order chi connectivity index (χ0) is 18.7. The molecule has 2 aromatic carbocycles. The van der Waals surface area contributed by atoms with Crippen molar-refractivity contribution >= 4 is 33.1 Å². The number of nitrogens with one attached hydrogen (secondary N) is 1. The monoisotopic (exact) mass is 372 g/mol. The summed E-state index contributed by atoms with van der Waals surface area (Å²) in [5.74, 6) is 1.10. The van der Waals surface area contributed by atoms with E-state index in [0.717, 1.165) is 27.3 Å². The fraction of sp³-hybridized carbons (Fsp3) is 0.263. The van der Waals surface area contributed by atoms with Crippen molar-refractivity contribution in [1.82, 2.24) is 4.57 Å². The number of aromatic nitrogens is 1. The molecule has 0 aliphatic heterocycles. The van der Waals surface area contributed by atoms with Crippen molar-refractivity contribution in [2.45, 2.75) is 19.4 Å². The summed E-state index contributed by atoms with van der Waals surface area (Å²) in [5, 5.41) is 2.86. The Balaban J connectivity index is 1.73. The molecule has 6 nitrogen and oxygen atoms in total. The molecule has 1 heterocycles. The van der Waals surface area contributed by atoms with Gasteiger partial charge in [-0.2, -0.15) is 0 Å². The van der Waals surface area contributed by atoms with Crippen LogP contribution in [0.2, 0.25) is 0 Å². The summed E-state index contributed by atoms with van der Waals surface area (Å²) in [7, 11) is 3.33. The molecule has 0 aliphatic rings. The van der Waals surface area contributed by atoms with Gasteiger partial charge in [-0.25, -0.2) is 0 Å². The first kappa shape index (κ1) is 18.0. The Morgan fingerprint density at radius 3 is 2.54 bits per heavy atom. The maximum Gasteiger partial charge on any atom is 0.307 e. The standard InChI is InChI=1S/C19H20N2O4S/c1-4-16(25-14-8-6-13(24-3)7-9-14)18(22)20-12-5-10-15-17(11-12)26-19(23)21(15)2/h5-11,16H,4H2,1-3H3,(H,20,22)/t16-/m0/s1. The van der Waals surface area contributed by atoms with Gasteiger partial charge in [-0.1, -0.05) is 18.3 Å². The van der Waals surface area contributed by atoms with E-state index >= 15 is 0 Å². The number of amides is 1. The van der Waals surface area contributed by atoms with Crippen molar-refractivity contribution in [2.24, 2.45) is 7.05 Å². The average molecular weight is 372 g/mol. The first-order chi connectivity index (χ1) is 12.5. The van der Waals surface area contributed by atoms with Crippen LogP contribution in [0.25, 0.3) is 10.2 Å². The summed E-state index contributed by atoms with van der Waals surface area (Å²) >= 11 is 1.15. The number of benzene rings is 2. The van der Waals surface area contributed by atoms with Crippen molar-refractivity contribution in [2.75, 3.05) is 12.4 Å². The first-order valence-corrected chi connectivity index (χ1v) is 9.04. The highest BCUT2D eigenvalue weighted by atomic mass is 32.1. The second-order valence-corrected chi connectivity index (χ2v) is 6.78. The number of hydrogen-bond donors (Lipinski definition) is 1. The molecule has 0 saturated heterocycles. The molecule has 1 amide bonds. The van der Waals surface area contributed by atoms with Gasteiger partial charge in [-0.3, -0.25) is 9.59 Å². The Morgan fingerprint density at radius 1 is 1.19 bits per heavy atom. The van der Waals surface area contributed by atoms with Crippen molar-refractivity contribution in [1.29, 1.82) is 0 Å². The third-order valence-corrected chi connectivity index (χ3v) is 5.06. The lowest BCUT2D eigenvalue weighted by Crippen LogP contribution is -2.32. The van der Waals surface area contributed by atoms with Crippen molar-refractivity contribution < 1.29 is 14.3 Å². The number of anilines is 1. The first-order valence-electron chi connectivity index (χ1n) is 8.23. The maximum atomic E-state index is 12.6. The van der Waals surface area contributed by atoms with Gasteiger partial charge in [-0.15, -0.1) is 0 Å². The van der Waals surface area contributed by atoms with Crippen LogP contribution < -0.4 is 19.7 Å². The fourth-order valence-corrected chi connectivity index (χ4v) is 3.49. The van der Waals surface area contributed by atoms with Crippen LogP contribution in [0.5, 0.6) is 11.5 Å². The summed E-state index contributed by atoms with van der Waals surface area (Å²) in [5.41, 5.74) is 1.49. The molecule has 7 heteroatoms. The van der Waals surface area contributed by atoms with Crippen molar-refractivity contribution in [3.63, 3.8) is 0 Å². The Hall–Kier alpha value is -2.80. The minimum absolute atomic E-state index is 0.0299. The van der Waals surface area contributed by atoms with E-state index in [1.54, 1.807) is 55.1 Å². The zero-order valence-corrected chi connectivity index (χ0v) is 15.6. The molecule has 0 aliphatic carbocycles. The number of nitrogens with zero attached hydrogens (tertiary/aromatic N) is 1. The van der Waals surface area contributed by atoms with Crippen LogP contribution in [-0.2, 0) is 11.8 Å². The third-order valence-electron chi connectivity index (χ3n) is 4.06. The number of rotatable bonds is 6. The van der Waals surface area contributed by atoms with E-state index in [9.17, 15) is 9.59 Å². The summed E-state index contributed by atoms with van der Waals surface area (Å²) in [6.45, 7) is 1.89. The van der Waals surface area contributed by atoms with Gasteiger partial charge in [0.2, 0.25) is 0 Å². The number of carbonyl (C=O) groups is 1. The van der Waals surface area contributed by atoms with Gasteiger partial charge >= 0.3 is 4.87 Å². The van der Waals surface area contributed by atoms with Crippen LogP contribution in [-0.4, -0.2) is 23.7 Å². The van der Waals surface area contributed by atoms with E-state index in [4.69, 9.17) is 9.47 Å². The highest BCUT2D eigenvalue weighted by Gasteiger charge is 2.19. The molecule has 1 aromatic heterocycles. The van der Waals surface area contributed by atoms with Gasteiger partial charge in [0.15, 0.2) is 6.10 Å². The quantitative estimate of drug-likeness (QED) is 0.720. The topological polar surface area (TPSA) is 69.6 Å². The number of ether oxygens (including phenoxy) is 2. The van der Waals surface area contributed by atoms with E-state index in [0.29, 0.717) is 17.9 Å². The fourth-order valence-electron chi connectivity index (χ4n) is 2.58. The number of hydrogen-bond acceptors (Lipinski definition) is 5. The largest absolute Gasteiger partial charge is 0.497 e. The van der Waals surface area contributed by atoms with E-state index in [-0.39, 0.29) is 10.8 Å². The molecule has 136 valence electrons. The molecular formula is C19H20N2O4S. The molecule has 1 atom stereocenters. The highest BCUT2D eigenvalue weighted by Crippen LogP contribution is 2.22. The third kappa shape index (κ3) is 3.72. The van der Waals surface area contributed by atoms with E-state index in [1.807, 2.05) is 13.0 Å². The SMILES string of the molecule is CC[C@H](Oc1ccc(OC)cc1)C(=O)Nc1ccc2c(c1)sc(=O)n2C. The number of methoxy groups -OCH3 is 1. The van der Waals surface area contributed by atoms with Crippen molar-refractivity contribution in [3.05, 3.63) is 52.1 Å². The molecular weight excluding hydrogens is 352 g/mol. The summed E-state index contributed by atoms with van der Waals surface area (Å²) in [6, 6.07) is 12.5. The molecule has 26 heavy (non-hydrogen) atoms. The predicted molar refractivity (Wildman–Crippen MR) is 103 cm³/mol. The maximum absolute atomic E-state index is 12.6. The summed E-state index contributed by atoms with van der Waals surface area (Å²) in [6.07, 6.45) is -0.0905. The minimum atomic E-state index is -0.617.